The van der Waals surface area contributed by atoms with E-state index < -0.39 is 0 Å². The van der Waals surface area contributed by atoms with Crippen LogP contribution in [0.3, 0.4) is 0 Å². The molecule has 4 heteroatoms. The summed E-state index contributed by atoms with van der Waals surface area (Å²) in [5.41, 5.74) is 1.74. The molecule has 0 saturated carbocycles. The second kappa shape index (κ2) is 4.75. The lowest BCUT2D eigenvalue weighted by atomic mass is 9.90. The van der Waals surface area contributed by atoms with Crippen molar-refractivity contribution >= 4 is 22.5 Å². The van der Waals surface area contributed by atoms with Gasteiger partial charge >= 0.3 is 0 Å². The summed E-state index contributed by atoms with van der Waals surface area (Å²) in [6.07, 6.45) is 2.06. The molecule has 0 unspecified atom stereocenters. The molecule has 0 atom stereocenters. The Hall–Kier alpha value is -1.32. The van der Waals surface area contributed by atoms with Crippen molar-refractivity contribution in [3.8, 4) is 0 Å². The van der Waals surface area contributed by atoms with Crippen molar-refractivity contribution in [1.29, 1.82) is 0 Å². The normalized spacial score (nSPS) is 17.2. The molecule has 94 valence electrons. The molecule has 1 saturated heterocycles. The quantitative estimate of drug-likeness (QED) is 0.830. The van der Waals surface area contributed by atoms with Gasteiger partial charge in [-0.1, -0.05) is 17.7 Å². The van der Waals surface area contributed by atoms with Crippen LogP contribution in [-0.2, 0) is 0 Å². The monoisotopic (exact) mass is 262 g/mol. The molecule has 0 bridgehead atoms. The van der Waals surface area contributed by atoms with Gasteiger partial charge in [0.1, 0.15) is 0 Å². The minimum atomic E-state index is 0.0247. The molecule has 1 aromatic heterocycles. The summed E-state index contributed by atoms with van der Waals surface area (Å²) in [5.74, 6) is 0.370. The number of piperidine rings is 1. The van der Waals surface area contributed by atoms with Gasteiger partial charge in [0, 0.05) is 16.1 Å². The van der Waals surface area contributed by atoms with Crippen LogP contribution in [0.15, 0.2) is 29.1 Å². The third kappa shape index (κ3) is 2.16. The Kier molecular flexibility index (Phi) is 3.10. The average Bonchev–Trinajstić information content (AvgIpc) is 2.39. The van der Waals surface area contributed by atoms with Gasteiger partial charge in [-0.3, -0.25) is 4.79 Å². The third-order valence-electron chi connectivity index (χ3n) is 3.62. The molecule has 2 aromatic rings. The average molecular weight is 263 g/mol. The van der Waals surface area contributed by atoms with Crippen molar-refractivity contribution in [2.45, 2.75) is 18.8 Å². The van der Waals surface area contributed by atoms with E-state index in [1.807, 2.05) is 18.2 Å². The maximum Gasteiger partial charge on any atom is 0.251 e. The summed E-state index contributed by atoms with van der Waals surface area (Å²) >= 11 is 5.93. The molecule has 1 aromatic carbocycles. The number of halogens is 1. The topological polar surface area (TPSA) is 44.9 Å². The van der Waals surface area contributed by atoms with Gasteiger partial charge in [0.05, 0.1) is 0 Å². The minimum Gasteiger partial charge on any atom is -0.322 e. The highest BCUT2D eigenvalue weighted by Crippen LogP contribution is 2.25. The number of benzene rings is 1. The van der Waals surface area contributed by atoms with E-state index in [0.717, 1.165) is 42.4 Å². The lowest BCUT2D eigenvalue weighted by Gasteiger charge is -2.22. The van der Waals surface area contributed by atoms with E-state index in [4.69, 9.17) is 11.6 Å². The molecule has 1 aliphatic rings. The van der Waals surface area contributed by atoms with E-state index in [2.05, 4.69) is 10.3 Å². The van der Waals surface area contributed by atoms with Crippen LogP contribution in [0.4, 0.5) is 0 Å². The Balaban J connectivity index is 2.09. The van der Waals surface area contributed by atoms with Crippen LogP contribution in [0.2, 0.25) is 5.02 Å². The zero-order valence-electron chi connectivity index (χ0n) is 10.0. The van der Waals surface area contributed by atoms with Crippen molar-refractivity contribution < 1.29 is 0 Å². The highest BCUT2D eigenvalue weighted by molar-refractivity contribution is 6.31. The molecule has 1 fully saturated rings. The van der Waals surface area contributed by atoms with Crippen LogP contribution in [0.1, 0.15) is 24.3 Å². The molecule has 3 nitrogen and oxygen atoms in total. The van der Waals surface area contributed by atoms with Crippen LogP contribution in [-0.4, -0.2) is 18.1 Å². The first-order valence-corrected chi connectivity index (χ1v) is 6.65. The lowest BCUT2D eigenvalue weighted by Crippen LogP contribution is -2.29. The molecule has 0 amide bonds. The SMILES string of the molecule is O=c1[nH]c2cc(Cl)ccc2cc1C1CCNCC1. The second-order valence-electron chi connectivity index (χ2n) is 4.81. The number of fused-ring (bicyclic) bond motifs is 1. The zero-order valence-corrected chi connectivity index (χ0v) is 10.8. The number of rotatable bonds is 1. The van der Waals surface area contributed by atoms with E-state index in [0.29, 0.717) is 10.9 Å². The number of nitrogens with one attached hydrogen (secondary N) is 2. The Morgan fingerprint density at radius 2 is 1.94 bits per heavy atom. The summed E-state index contributed by atoms with van der Waals surface area (Å²) in [6.45, 7) is 1.98. The van der Waals surface area contributed by atoms with E-state index >= 15 is 0 Å². The molecule has 0 spiro atoms. The third-order valence-corrected chi connectivity index (χ3v) is 3.85. The summed E-state index contributed by atoms with van der Waals surface area (Å²) in [6, 6.07) is 7.62. The molecule has 2 N–H and O–H groups in total. The predicted molar refractivity (Wildman–Crippen MR) is 74.4 cm³/mol. The molecular weight excluding hydrogens is 248 g/mol. The number of aromatic nitrogens is 1. The molecule has 1 aliphatic heterocycles. The predicted octanol–water partition coefficient (Wildman–Crippen LogP) is 2.65. The van der Waals surface area contributed by atoms with E-state index in [1.165, 1.54) is 0 Å². The minimum absolute atomic E-state index is 0.0247. The van der Waals surface area contributed by atoms with Crippen LogP contribution in [0, 0.1) is 0 Å². The largest absolute Gasteiger partial charge is 0.322 e. The maximum atomic E-state index is 12.1. The van der Waals surface area contributed by atoms with Gasteiger partial charge in [0.2, 0.25) is 0 Å². The first-order valence-electron chi connectivity index (χ1n) is 6.27. The van der Waals surface area contributed by atoms with Crippen LogP contribution in [0.25, 0.3) is 10.9 Å². The zero-order chi connectivity index (χ0) is 12.5. The first kappa shape index (κ1) is 11.8. The van der Waals surface area contributed by atoms with Gasteiger partial charge in [-0.05, 0) is 55.4 Å². The van der Waals surface area contributed by atoms with Crippen LogP contribution < -0.4 is 10.9 Å². The maximum absolute atomic E-state index is 12.1. The summed E-state index contributed by atoms with van der Waals surface area (Å²) < 4.78 is 0. The van der Waals surface area contributed by atoms with Gasteiger partial charge in [-0.2, -0.15) is 0 Å². The van der Waals surface area contributed by atoms with E-state index in [9.17, 15) is 4.79 Å². The highest BCUT2D eigenvalue weighted by Gasteiger charge is 2.18. The van der Waals surface area contributed by atoms with E-state index in [1.54, 1.807) is 6.07 Å². The van der Waals surface area contributed by atoms with Gasteiger partial charge in [-0.25, -0.2) is 0 Å². The Morgan fingerprint density at radius 3 is 2.72 bits per heavy atom. The van der Waals surface area contributed by atoms with Crippen LogP contribution >= 0.6 is 11.6 Å². The Morgan fingerprint density at radius 1 is 1.17 bits per heavy atom. The van der Waals surface area contributed by atoms with Gasteiger partial charge in [-0.15, -0.1) is 0 Å². The van der Waals surface area contributed by atoms with Crippen molar-refractivity contribution in [3.05, 3.63) is 45.2 Å². The fourth-order valence-corrected chi connectivity index (χ4v) is 2.80. The molecular formula is C14H15ClN2O. The van der Waals surface area contributed by atoms with Crippen molar-refractivity contribution in [1.82, 2.24) is 10.3 Å². The first-order chi connectivity index (χ1) is 8.74. The van der Waals surface area contributed by atoms with Crippen molar-refractivity contribution in [3.63, 3.8) is 0 Å². The Labute approximate surface area is 110 Å². The fourth-order valence-electron chi connectivity index (χ4n) is 2.63. The highest BCUT2D eigenvalue weighted by atomic mass is 35.5. The number of H-pyrrole nitrogens is 1. The summed E-state index contributed by atoms with van der Waals surface area (Å²) in [5, 5.41) is 5.01. The smallest absolute Gasteiger partial charge is 0.251 e. The van der Waals surface area contributed by atoms with Gasteiger partial charge in [0.15, 0.2) is 0 Å². The fraction of sp³-hybridized carbons (Fsp3) is 0.357. The summed E-state index contributed by atoms with van der Waals surface area (Å²) in [4.78, 5) is 15.1. The standard InChI is InChI=1S/C14H15ClN2O/c15-11-2-1-10-7-12(9-3-5-16-6-4-9)14(18)17-13(10)8-11/h1-2,7-9,16H,3-6H2,(H,17,18). The molecule has 18 heavy (non-hydrogen) atoms. The van der Waals surface area contributed by atoms with Crippen molar-refractivity contribution in [2.75, 3.05) is 13.1 Å². The molecule has 0 aliphatic carbocycles. The second-order valence-corrected chi connectivity index (χ2v) is 5.25. The van der Waals surface area contributed by atoms with Crippen molar-refractivity contribution in [2.24, 2.45) is 0 Å². The number of pyridine rings is 1. The number of hydrogen-bond donors (Lipinski definition) is 2. The van der Waals surface area contributed by atoms with Gasteiger partial charge in [0.25, 0.3) is 5.56 Å². The molecule has 0 radical (unpaired) electrons. The number of aromatic amines is 1. The molecule has 3 rings (SSSR count). The van der Waals surface area contributed by atoms with Crippen LogP contribution in [0.5, 0.6) is 0 Å². The van der Waals surface area contributed by atoms with E-state index in [-0.39, 0.29) is 5.56 Å². The lowest BCUT2D eigenvalue weighted by molar-refractivity contribution is 0.458. The van der Waals surface area contributed by atoms with Gasteiger partial charge < -0.3 is 10.3 Å². The molecule has 2 heterocycles. The Bertz CT molecular complexity index is 629. The number of hydrogen-bond acceptors (Lipinski definition) is 2. The summed E-state index contributed by atoms with van der Waals surface area (Å²) in [7, 11) is 0.